The summed E-state index contributed by atoms with van der Waals surface area (Å²) >= 11 is 0. The van der Waals surface area contributed by atoms with Crippen LogP contribution < -0.4 is 9.47 Å². The molecule has 0 bridgehead atoms. The van der Waals surface area contributed by atoms with E-state index in [4.69, 9.17) is 9.47 Å². The first kappa shape index (κ1) is 26.0. The van der Waals surface area contributed by atoms with Crippen LogP contribution >= 0.6 is 0 Å². The molecule has 1 aliphatic carbocycles. The third kappa shape index (κ3) is 5.06. The maximum Gasteiger partial charge on any atom is 0.433 e. The predicted molar refractivity (Wildman–Crippen MR) is 132 cm³/mol. The average Bonchev–Trinajstić information content (AvgIpc) is 3.73. The number of halogens is 4. The minimum atomic E-state index is -4.79. The number of aromatic nitrogens is 1. The Balaban J connectivity index is 1.49. The van der Waals surface area contributed by atoms with Crippen molar-refractivity contribution < 1.29 is 36.9 Å². The standard InChI is InChI=1S/C29H27F4NO4/c1-15(28(35)36)26(17-4-5-17)18-6-3-16-7-12-24(38-25(16)13-18)20-9-11-23(34-27(20)29(31,32)33)21-14-19(37-2)8-10-22(21)30/h3,6,8-11,13-15,17,24,26H,4-5,7,12H2,1-2H3,(H,35,36)/t15-,24?,26-/m0/s1. The average molecular weight is 530 g/mol. The molecule has 5 rings (SSSR count). The molecule has 1 aliphatic heterocycles. The van der Waals surface area contributed by atoms with Crippen LogP contribution in [0.15, 0.2) is 48.5 Å². The Bertz CT molecular complexity index is 1370. The molecule has 2 heterocycles. The fourth-order valence-corrected chi connectivity index (χ4v) is 5.32. The number of benzene rings is 2. The topological polar surface area (TPSA) is 68.7 Å². The molecule has 200 valence electrons. The zero-order valence-corrected chi connectivity index (χ0v) is 20.9. The Morgan fingerprint density at radius 3 is 2.53 bits per heavy atom. The van der Waals surface area contributed by atoms with Gasteiger partial charge in [-0.3, -0.25) is 4.79 Å². The van der Waals surface area contributed by atoms with E-state index in [0.29, 0.717) is 24.3 Å². The van der Waals surface area contributed by atoms with E-state index in [1.54, 1.807) is 13.0 Å². The SMILES string of the molecule is COc1ccc(F)c(-c2ccc(C3CCc4ccc([C@H](C5CC5)[C@H](C)C(=O)O)cc4O3)c(C(F)(F)F)n2)c1. The molecule has 5 nitrogen and oxygen atoms in total. The lowest BCUT2D eigenvalue weighted by atomic mass is 9.82. The number of fused-ring (bicyclic) bond motifs is 1. The number of hydrogen-bond acceptors (Lipinski definition) is 4. The van der Waals surface area contributed by atoms with Crippen LogP contribution in [0.3, 0.4) is 0 Å². The lowest BCUT2D eigenvalue weighted by Gasteiger charge is -2.30. The van der Waals surface area contributed by atoms with E-state index in [9.17, 15) is 27.5 Å². The van der Waals surface area contributed by atoms with Gasteiger partial charge in [-0.25, -0.2) is 9.37 Å². The second-order valence-corrected chi connectivity index (χ2v) is 9.98. The minimum absolute atomic E-state index is 0.0976. The van der Waals surface area contributed by atoms with E-state index in [0.717, 1.165) is 30.0 Å². The molecule has 2 aromatic carbocycles. The highest BCUT2D eigenvalue weighted by molar-refractivity contribution is 5.71. The fraction of sp³-hybridized carbons (Fsp3) is 0.379. The number of carboxylic acids is 1. The fourth-order valence-electron chi connectivity index (χ4n) is 5.32. The second-order valence-electron chi connectivity index (χ2n) is 9.98. The van der Waals surface area contributed by atoms with Crippen LogP contribution in [0.25, 0.3) is 11.3 Å². The van der Waals surface area contributed by atoms with Gasteiger partial charge in [0.1, 0.15) is 23.4 Å². The molecule has 1 fully saturated rings. The van der Waals surface area contributed by atoms with Crippen molar-refractivity contribution in [1.82, 2.24) is 4.98 Å². The van der Waals surface area contributed by atoms with Crippen LogP contribution in [0.2, 0.25) is 0 Å². The Morgan fingerprint density at radius 1 is 1.11 bits per heavy atom. The van der Waals surface area contributed by atoms with Gasteiger partial charge in [-0.15, -0.1) is 0 Å². The Morgan fingerprint density at radius 2 is 1.87 bits per heavy atom. The Labute approximate surface area is 217 Å². The summed E-state index contributed by atoms with van der Waals surface area (Å²) in [5.74, 6) is -1.35. The quantitative estimate of drug-likeness (QED) is 0.328. The third-order valence-corrected chi connectivity index (χ3v) is 7.47. The molecule has 3 atom stereocenters. The highest BCUT2D eigenvalue weighted by Gasteiger charge is 2.41. The summed E-state index contributed by atoms with van der Waals surface area (Å²) in [6.45, 7) is 1.68. The molecule has 1 unspecified atom stereocenters. The summed E-state index contributed by atoms with van der Waals surface area (Å²) in [4.78, 5) is 15.6. The summed E-state index contributed by atoms with van der Waals surface area (Å²) in [6.07, 6.45) is -3.01. The van der Waals surface area contributed by atoms with Gasteiger partial charge in [0.05, 0.1) is 18.7 Å². The molecule has 3 aromatic rings. The van der Waals surface area contributed by atoms with Crippen molar-refractivity contribution in [2.45, 2.75) is 50.8 Å². The van der Waals surface area contributed by atoms with Gasteiger partial charge in [0.25, 0.3) is 0 Å². The number of nitrogens with zero attached hydrogens (tertiary/aromatic N) is 1. The van der Waals surface area contributed by atoms with Crippen LogP contribution in [0.1, 0.15) is 60.6 Å². The zero-order chi connectivity index (χ0) is 27.2. The van der Waals surface area contributed by atoms with Crippen LogP contribution in [-0.2, 0) is 17.4 Å². The maximum absolute atomic E-state index is 14.5. The summed E-state index contributed by atoms with van der Waals surface area (Å²) in [5, 5.41) is 9.60. The highest BCUT2D eigenvalue weighted by atomic mass is 19.4. The monoisotopic (exact) mass is 529 g/mol. The van der Waals surface area contributed by atoms with Gasteiger partial charge in [0.15, 0.2) is 5.69 Å². The van der Waals surface area contributed by atoms with Crippen LogP contribution in [0.4, 0.5) is 17.6 Å². The lowest BCUT2D eigenvalue weighted by molar-refractivity contribution is -0.143. The summed E-state index contributed by atoms with van der Waals surface area (Å²) in [5.41, 5.74) is 0.167. The molecular weight excluding hydrogens is 502 g/mol. The second kappa shape index (κ2) is 9.93. The highest BCUT2D eigenvalue weighted by Crippen LogP contribution is 2.49. The van der Waals surface area contributed by atoms with Crippen LogP contribution in [0.5, 0.6) is 11.5 Å². The smallest absolute Gasteiger partial charge is 0.433 e. The number of aliphatic carboxylic acids is 1. The normalized spacial score (nSPS) is 18.7. The number of aryl methyl sites for hydroxylation is 1. The lowest BCUT2D eigenvalue weighted by Crippen LogP contribution is -2.23. The van der Waals surface area contributed by atoms with Crippen molar-refractivity contribution in [3.05, 3.63) is 76.7 Å². The molecule has 1 aromatic heterocycles. The summed E-state index contributed by atoms with van der Waals surface area (Å²) < 4.78 is 68.2. The molecule has 9 heteroatoms. The summed E-state index contributed by atoms with van der Waals surface area (Å²) in [7, 11) is 1.38. The first-order chi connectivity index (χ1) is 18.1. The summed E-state index contributed by atoms with van der Waals surface area (Å²) in [6, 6.07) is 12.0. The third-order valence-electron chi connectivity index (χ3n) is 7.47. The van der Waals surface area contributed by atoms with Gasteiger partial charge in [-0.2, -0.15) is 13.2 Å². The van der Waals surface area contributed by atoms with Crippen molar-refractivity contribution in [3.8, 4) is 22.8 Å². The first-order valence-electron chi connectivity index (χ1n) is 12.5. The molecular formula is C29H27F4NO4. The van der Waals surface area contributed by atoms with Crippen LogP contribution in [0, 0.1) is 17.7 Å². The molecule has 2 aliphatic rings. The molecule has 1 N–H and O–H groups in total. The molecule has 0 radical (unpaired) electrons. The largest absolute Gasteiger partial charge is 0.497 e. The van der Waals surface area contributed by atoms with Crippen LogP contribution in [-0.4, -0.2) is 23.2 Å². The molecule has 0 amide bonds. The van der Waals surface area contributed by atoms with Gasteiger partial charge in [0, 0.05) is 11.1 Å². The van der Waals surface area contributed by atoms with Gasteiger partial charge in [0.2, 0.25) is 0 Å². The zero-order valence-electron chi connectivity index (χ0n) is 20.9. The number of alkyl halides is 3. The van der Waals surface area contributed by atoms with E-state index < -0.39 is 35.7 Å². The minimum Gasteiger partial charge on any atom is -0.497 e. The molecule has 1 saturated carbocycles. The number of hydrogen-bond donors (Lipinski definition) is 1. The Kier molecular flexibility index (Phi) is 6.79. The van der Waals surface area contributed by atoms with Gasteiger partial charge in [-0.05, 0) is 79.0 Å². The van der Waals surface area contributed by atoms with Gasteiger partial charge >= 0.3 is 12.1 Å². The van der Waals surface area contributed by atoms with Crippen molar-refractivity contribution in [3.63, 3.8) is 0 Å². The van der Waals surface area contributed by atoms with E-state index >= 15 is 0 Å². The molecule has 0 saturated heterocycles. The number of pyridine rings is 1. The van der Waals surface area contributed by atoms with E-state index in [1.807, 2.05) is 12.1 Å². The van der Waals surface area contributed by atoms with Crippen molar-refractivity contribution in [2.24, 2.45) is 11.8 Å². The maximum atomic E-state index is 14.5. The van der Waals surface area contributed by atoms with Crippen molar-refractivity contribution in [2.75, 3.05) is 7.11 Å². The Hall–Kier alpha value is -3.62. The van der Waals surface area contributed by atoms with Crippen molar-refractivity contribution in [1.29, 1.82) is 0 Å². The van der Waals surface area contributed by atoms with Gasteiger partial charge in [-0.1, -0.05) is 25.1 Å². The van der Waals surface area contributed by atoms with Gasteiger partial charge < -0.3 is 14.6 Å². The first-order valence-corrected chi connectivity index (χ1v) is 12.5. The molecule has 38 heavy (non-hydrogen) atoms. The predicted octanol–water partition coefficient (Wildman–Crippen LogP) is 7.20. The number of rotatable bonds is 7. The van der Waals surface area contributed by atoms with Crippen molar-refractivity contribution >= 4 is 5.97 Å². The number of carboxylic acid groups (broad SMARTS) is 1. The number of carbonyl (C=O) groups is 1. The number of ether oxygens (including phenoxy) is 2. The number of methoxy groups -OCH3 is 1. The van der Waals surface area contributed by atoms with E-state index in [1.165, 1.54) is 31.4 Å². The van der Waals surface area contributed by atoms with E-state index in [2.05, 4.69) is 4.98 Å². The molecule has 0 spiro atoms. The van der Waals surface area contributed by atoms with E-state index in [-0.39, 0.29) is 28.7 Å².